The smallest absolute Gasteiger partial charge is 0.172 e. The molecule has 0 amide bonds. The third kappa shape index (κ3) is 3.75. The van der Waals surface area contributed by atoms with E-state index in [2.05, 4.69) is 32.4 Å². The van der Waals surface area contributed by atoms with Gasteiger partial charge < -0.3 is 5.32 Å². The number of halogens is 2. The maximum atomic E-state index is 6.54. The number of fused-ring (bicyclic) bond motifs is 1. The molecule has 7 rings (SSSR count). The van der Waals surface area contributed by atoms with Gasteiger partial charge >= 0.3 is 0 Å². The summed E-state index contributed by atoms with van der Waals surface area (Å²) in [6.07, 6.45) is 17.5. The van der Waals surface area contributed by atoms with E-state index in [1.807, 2.05) is 35.0 Å². The van der Waals surface area contributed by atoms with Gasteiger partial charge in [-0.3, -0.25) is 0 Å². The van der Waals surface area contributed by atoms with Crippen LogP contribution in [0.3, 0.4) is 0 Å². The lowest BCUT2D eigenvalue weighted by Crippen LogP contribution is -2.28. The molecule has 35 heavy (non-hydrogen) atoms. The summed E-state index contributed by atoms with van der Waals surface area (Å²) in [5.74, 6) is 5.21. The monoisotopic (exact) mass is 552 g/mol. The van der Waals surface area contributed by atoms with Crippen molar-refractivity contribution in [1.82, 2.24) is 14.6 Å². The van der Waals surface area contributed by atoms with Crippen molar-refractivity contribution in [3.8, 4) is 11.3 Å². The van der Waals surface area contributed by atoms with E-state index in [1.165, 1.54) is 57.8 Å². The highest BCUT2D eigenvalue weighted by Gasteiger charge is 2.61. The maximum Gasteiger partial charge on any atom is 0.172 e. The highest BCUT2D eigenvalue weighted by atomic mass is 79.9. The number of anilines is 1. The molecule has 4 nitrogen and oxygen atoms in total. The molecular weight excluding hydrogens is 520 g/mol. The van der Waals surface area contributed by atoms with Crippen molar-refractivity contribution in [3.05, 3.63) is 46.0 Å². The zero-order valence-electron chi connectivity index (χ0n) is 20.2. The summed E-state index contributed by atoms with van der Waals surface area (Å²) in [5.41, 5.74) is 3.34. The molecule has 4 fully saturated rings. The summed E-state index contributed by atoms with van der Waals surface area (Å²) in [6.45, 7) is 0. The Kier molecular flexibility index (Phi) is 5.66. The number of benzene rings is 1. The number of hydrogen-bond acceptors (Lipinski definition) is 3. The van der Waals surface area contributed by atoms with Crippen LogP contribution >= 0.6 is 27.5 Å². The molecule has 2 heterocycles. The molecule has 1 N–H and O–H groups in total. The zero-order valence-corrected chi connectivity index (χ0v) is 22.6. The quantitative estimate of drug-likeness (QED) is 0.354. The van der Waals surface area contributed by atoms with Gasteiger partial charge in [0.15, 0.2) is 5.65 Å². The third-order valence-electron chi connectivity index (χ3n) is 10.1. The summed E-state index contributed by atoms with van der Waals surface area (Å²) in [6, 6.07) is 10.5. The molecule has 0 aliphatic heterocycles. The van der Waals surface area contributed by atoms with Gasteiger partial charge in [0.25, 0.3) is 0 Å². The van der Waals surface area contributed by atoms with Crippen LogP contribution in [0.2, 0.25) is 5.02 Å². The minimum absolute atomic E-state index is 0.468. The third-order valence-corrected chi connectivity index (χ3v) is 10.9. The highest BCUT2D eigenvalue weighted by Crippen LogP contribution is 2.70. The second-order valence-electron chi connectivity index (χ2n) is 11.8. The number of nitrogens with one attached hydrogen (secondary N) is 1. The van der Waals surface area contributed by atoms with Crippen LogP contribution in [-0.2, 0) is 0 Å². The Hall–Kier alpha value is -1.59. The normalized spacial score (nSPS) is 34.3. The Morgan fingerprint density at radius 2 is 1.77 bits per heavy atom. The minimum atomic E-state index is 0.468. The highest BCUT2D eigenvalue weighted by molar-refractivity contribution is 9.10. The molecule has 4 saturated carbocycles. The summed E-state index contributed by atoms with van der Waals surface area (Å²) >= 11 is 10.2. The molecule has 0 saturated heterocycles. The van der Waals surface area contributed by atoms with E-state index in [4.69, 9.17) is 16.6 Å². The molecule has 3 aromatic rings. The fourth-order valence-electron chi connectivity index (χ4n) is 8.90. The van der Waals surface area contributed by atoms with E-state index < -0.39 is 0 Å². The summed E-state index contributed by atoms with van der Waals surface area (Å²) in [5, 5.41) is 9.25. The molecule has 1 aromatic carbocycles. The van der Waals surface area contributed by atoms with Gasteiger partial charge in [0, 0.05) is 22.7 Å². The lowest BCUT2D eigenvalue weighted by atomic mass is 9.67. The Labute approximate surface area is 221 Å². The second-order valence-corrected chi connectivity index (χ2v) is 13.1. The largest absolute Gasteiger partial charge is 0.367 e. The van der Waals surface area contributed by atoms with Crippen molar-refractivity contribution in [2.75, 3.05) is 5.32 Å². The summed E-state index contributed by atoms with van der Waals surface area (Å²) in [7, 11) is 0. The second kappa shape index (κ2) is 8.76. The standard InChI is InChI=1S/C29H34BrClN4/c30-23-17-32-35-26(14-25(34-28(23)35)21-10-1-2-12-24(21)31)33-20-8-4-11-22-27-18-6-3-7-19(27)16-29(22,15-18)13-5-9-20/h1-2,10,12,14,17-20,22,27,33H,3-9,11,13,15-16H2/t18-,19+,20?,22?,27?,29?. The molecule has 4 aliphatic carbocycles. The fraction of sp³-hybridized carbons (Fsp3) is 0.586. The average Bonchev–Trinajstić information content (AvgIpc) is 3.48. The molecule has 2 aromatic heterocycles. The van der Waals surface area contributed by atoms with Gasteiger partial charge in [-0.2, -0.15) is 9.61 Å². The van der Waals surface area contributed by atoms with E-state index in [9.17, 15) is 0 Å². The van der Waals surface area contributed by atoms with Crippen molar-refractivity contribution in [2.24, 2.45) is 29.1 Å². The first-order chi connectivity index (χ1) is 17.1. The molecule has 0 spiro atoms. The predicted octanol–water partition coefficient (Wildman–Crippen LogP) is 8.39. The summed E-state index contributed by atoms with van der Waals surface area (Å²) < 4.78 is 2.84. The molecule has 4 unspecified atom stereocenters. The van der Waals surface area contributed by atoms with Crippen molar-refractivity contribution in [1.29, 1.82) is 0 Å². The van der Waals surface area contributed by atoms with Gasteiger partial charge in [0.2, 0.25) is 0 Å². The topological polar surface area (TPSA) is 42.2 Å². The van der Waals surface area contributed by atoms with Crippen LogP contribution in [0.4, 0.5) is 5.82 Å². The van der Waals surface area contributed by atoms with E-state index in [1.54, 1.807) is 12.8 Å². The number of nitrogens with zero attached hydrogens (tertiary/aromatic N) is 3. The molecule has 4 aliphatic rings. The van der Waals surface area contributed by atoms with E-state index >= 15 is 0 Å². The average molecular weight is 554 g/mol. The Morgan fingerprint density at radius 3 is 2.60 bits per heavy atom. The van der Waals surface area contributed by atoms with Crippen LogP contribution < -0.4 is 5.32 Å². The first-order valence-corrected chi connectivity index (χ1v) is 14.8. The van der Waals surface area contributed by atoms with Crippen LogP contribution in [0.15, 0.2) is 41.0 Å². The SMILES string of the molecule is Clc1ccccc1-c1cc(NC2CCCC3C4[C@@H]5CCC[C@H]4CC3(CCC2)C5)n2ncc(Br)c2n1. The predicted molar refractivity (Wildman–Crippen MR) is 146 cm³/mol. The zero-order chi connectivity index (χ0) is 23.6. The first kappa shape index (κ1) is 22.6. The van der Waals surface area contributed by atoms with Gasteiger partial charge in [-0.05, 0) is 89.6 Å². The van der Waals surface area contributed by atoms with Gasteiger partial charge in [-0.25, -0.2) is 4.98 Å². The lowest BCUT2D eigenvalue weighted by Gasteiger charge is -2.38. The van der Waals surface area contributed by atoms with Crippen LogP contribution in [0.1, 0.15) is 70.6 Å². The lowest BCUT2D eigenvalue weighted by molar-refractivity contribution is 0.121. The van der Waals surface area contributed by atoms with Crippen molar-refractivity contribution in [3.63, 3.8) is 0 Å². The van der Waals surface area contributed by atoms with E-state index in [0.29, 0.717) is 11.5 Å². The van der Waals surface area contributed by atoms with Crippen molar-refractivity contribution in [2.45, 2.75) is 76.7 Å². The molecular formula is C29H34BrClN4. The number of rotatable bonds is 3. The number of aromatic nitrogens is 3. The number of hydrogen-bond donors (Lipinski definition) is 1. The Morgan fingerprint density at radius 1 is 1.00 bits per heavy atom. The van der Waals surface area contributed by atoms with Gasteiger partial charge in [-0.15, -0.1) is 0 Å². The van der Waals surface area contributed by atoms with Gasteiger partial charge in [0.05, 0.1) is 16.4 Å². The Balaban J connectivity index is 1.15. The molecule has 6 heteroatoms. The van der Waals surface area contributed by atoms with Gasteiger partial charge in [0.1, 0.15) is 5.82 Å². The molecule has 2 bridgehead atoms. The first-order valence-electron chi connectivity index (χ1n) is 13.7. The van der Waals surface area contributed by atoms with Crippen LogP contribution in [-0.4, -0.2) is 20.6 Å². The molecule has 6 atom stereocenters. The summed E-state index contributed by atoms with van der Waals surface area (Å²) in [4.78, 5) is 4.89. The van der Waals surface area contributed by atoms with Crippen LogP contribution in [0.25, 0.3) is 16.9 Å². The molecule has 184 valence electrons. The van der Waals surface area contributed by atoms with Crippen molar-refractivity contribution >= 4 is 39.0 Å². The van der Waals surface area contributed by atoms with E-state index in [-0.39, 0.29) is 0 Å². The van der Waals surface area contributed by atoms with Gasteiger partial charge in [-0.1, -0.05) is 61.9 Å². The van der Waals surface area contributed by atoms with Crippen LogP contribution in [0.5, 0.6) is 0 Å². The Bertz CT molecular complexity index is 1240. The van der Waals surface area contributed by atoms with Crippen LogP contribution in [0, 0.1) is 29.1 Å². The van der Waals surface area contributed by atoms with E-state index in [0.717, 1.165) is 55.9 Å². The maximum absolute atomic E-state index is 6.54. The fourth-order valence-corrected chi connectivity index (χ4v) is 9.48. The van der Waals surface area contributed by atoms with Crippen molar-refractivity contribution < 1.29 is 0 Å². The minimum Gasteiger partial charge on any atom is -0.367 e. The molecule has 0 radical (unpaired) electrons.